The molecule has 1 aliphatic rings. The molecule has 1 amide bonds. The van der Waals surface area contributed by atoms with Gasteiger partial charge in [-0.25, -0.2) is 4.39 Å². The van der Waals surface area contributed by atoms with Gasteiger partial charge in [0.2, 0.25) is 0 Å². The fourth-order valence-corrected chi connectivity index (χ4v) is 3.58. The highest BCUT2D eigenvalue weighted by molar-refractivity contribution is 7.17. The van der Waals surface area contributed by atoms with Gasteiger partial charge < -0.3 is 14.7 Å². The smallest absolute Gasteiger partial charge is 0.306 e. The molecule has 2 aromatic rings. The van der Waals surface area contributed by atoms with Gasteiger partial charge in [-0.3, -0.25) is 9.59 Å². The van der Waals surface area contributed by atoms with Crippen LogP contribution in [0.4, 0.5) is 4.39 Å². The Bertz CT molecular complexity index is 743. The van der Waals surface area contributed by atoms with Gasteiger partial charge in [-0.2, -0.15) is 0 Å². The summed E-state index contributed by atoms with van der Waals surface area (Å²) in [7, 11) is 0. The number of carbonyl (C=O) groups is 2. The Kier molecular flexibility index (Phi) is 4.92. The molecule has 1 fully saturated rings. The largest absolute Gasteiger partial charge is 0.481 e. The Balaban J connectivity index is 1.71. The molecule has 24 heavy (non-hydrogen) atoms. The van der Waals surface area contributed by atoms with Crippen LogP contribution in [0, 0.1) is 5.82 Å². The van der Waals surface area contributed by atoms with Crippen LogP contribution in [0.1, 0.15) is 16.1 Å². The lowest BCUT2D eigenvalue weighted by Crippen LogP contribution is -2.46. The van der Waals surface area contributed by atoms with E-state index >= 15 is 0 Å². The van der Waals surface area contributed by atoms with Crippen LogP contribution < -0.4 is 0 Å². The van der Waals surface area contributed by atoms with Gasteiger partial charge in [-0.15, -0.1) is 11.3 Å². The highest BCUT2D eigenvalue weighted by atomic mass is 32.1. The zero-order valence-electron chi connectivity index (χ0n) is 12.8. The first kappa shape index (κ1) is 16.6. The molecule has 0 spiro atoms. The van der Waals surface area contributed by atoms with Crippen molar-refractivity contribution in [1.29, 1.82) is 0 Å². The number of carboxylic acid groups (broad SMARTS) is 1. The minimum Gasteiger partial charge on any atom is -0.481 e. The van der Waals surface area contributed by atoms with Crippen molar-refractivity contribution in [3.63, 3.8) is 0 Å². The standard InChI is InChI=1S/C17H16FNO4S/c18-12-3-1-11(2-4-12)14-5-6-15(24-14)17(22)19-7-8-23-13(10-19)9-16(20)21/h1-6,13H,7-10H2,(H,20,21)/t13-/m1/s1. The van der Waals surface area contributed by atoms with Gasteiger partial charge in [0, 0.05) is 18.0 Å². The summed E-state index contributed by atoms with van der Waals surface area (Å²) >= 11 is 1.34. The molecule has 0 saturated carbocycles. The minimum absolute atomic E-state index is 0.116. The summed E-state index contributed by atoms with van der Waals surface area (Å²) in [6.45, 7) is 1.05. The van der Waals surface area contributed by atoms with Gasteiger partial charge in [0.1, 0.15) is 5.82 Å². The Morgan fingerprint density at radius 1 is 1.25 bits per heavy atom. The normalized spacial score (nSPS) is 17.7. The van der Waals surface area contributed by atoms with Crippen molar-refractivity contribution < 1.29 is 23.8 Å². The monoisotopic (exact) mass is 349 g/mol. The summed E-state index contributed by atoms with van der Waals surface area (Å²) in [6, 6.07) is 9.69. The number of thiophene rings is 1. The van der Waals surface area contributed by atoms with Crippen molar-refractivity contribution in [2.75, 3.05) is 19.7 Å². The number of nitrogens with zero attached hydrogens (tertiary/aromatic N) is 1. The Morgan fingerprint density at radius 2 is 2.00 bits per heavy atom. The van der Waals surface area contributed by atoms with Crippen molar-refractivity contribution in [2.45, 2.75) is 12.5 Å². The lowest BCUT2D eigenvalue weighted by atomic mass is 10.2. The molecule has 1 N–H and O–H groups in total. The van der Waals surface area contributed by atoms with Crippen LogP contribution in [0.3, 0.4) is 0 Å². The van der Waals surface area contributed by atoms with Gasteiger partial charge in [0.25, 0.3) is 5.91 Å². The second-order valence-corrected chi connectivity index (χ2v) is 6.60. The summed E-state index contributed by atoms with van der Waals surface area (Å²) in [5, 5.41) is 8.85. The first-order valence-electron chi connectivity index (χ1n) is 7.51. The molecule has 0 unspecified atom stereocenters. The fourth-order valence-electron chi connectivity index (χ4n) is 2.60. The zero-order valence-corrected chi connectivity index (χ0v) is 13.6. The third-order valence-electron chi connectivity index (χ3n) is 3.77. The molecule has 126 valence electrons. The number of hydrogen-bond acceptors (Lipinski definition) is 4. The van der Waals surface area contributed by atoms with Crippen LogP contribution in [0.15, 0.2) is 36.4 Å². The number of carboxylic acids is 1. The van der Waals surface area contributed by atoms with E-state index in [0.29, 0.717) is 18.0 Å². The number of carbonyl (C=O) groups excluding carboxylic acids is 1. The number of aliphatic carboxylic acids is 1. The molecule has 5 nitrogen and oxygen atoms in total. The van der Waals surface area contributed by atoms with Gasteiger partial charge in [-0.05, 0) is 29.8 Å². The molecule has 1 aliphatic heterocycles. The average Bonchev–Trinajstić information content (AvgIpc) is 3.04. The zero-order chi connectivity index (χ0) is 17.1. The Hall–Kier alpha value is -2.25. The molecule has 2 heterocycles. The fraction of sp³-hybridized carbons (Fsp3) is 0.294. The summed E-state index contributed by atoms with van der Waals surface area (Å²) in [5.41, 5.74) is 0.853. The lowest BCUT2D eigenvalue weighted by molar-refractivity contribution is -0.141. The predicted molar refractivity (Wildman–Crippen MR) is 87.6 cm³/mol. The van der Waals surface area contributed by atoms with Gasteiger partial charge in [-0.1, -0.05) is 12.1 Å². The van der Waals surface area contributed by atoms with Gasteiger partial charge >= 0.3 is 5.97 Å². The summed E-state index contributed by atoms with van der Waals surface area (Å²) in [4.78, 5) is 26.5. The van der Waals surface area contributed by atoms with Crippen molar-refractivity contribution >= 4 is 23.2 Å². The van der Waals surface area contributed by atoms with Crippen molar-refractivity contribution in [3.05, 3.63) is 47.1 Å². The van der Waals surface area contributed by atoms with Crippen LogP contribution in [0.2, 0.25) is 0 Å². The Morgan fingerprint density at radius 3 is 2.71 bits per heavy atom. The molecule has 0 radical (unpaired) electrons. The molecule has 1 aromatic carbocycles. The van der Waals surface area contributed by atoms with Crippen LogP contribution in [-0.4, -0.2) is 47.7 Å². The second-order valence-electron chi connectivity index (χ2n) is 5.51. The third kappa shape index (κ3) is 3.80. The number of morpholine rings is 1. The average molecular weight is 349 g/mol. The van der Waals surface area contributed by atoms with Crippen LogP contribution in [0.5, 0.6) is 0 Å². The van der Waals surface area contributed by atoms with E-state index in [1.165, 1.54) is 23.5 Å². The van der Waals surface area contributed by atoms with E-state index in [0.717, 1.165) is 10.4 Å². The van der Waals surface area contributed by atoms with E-state index in [9.17, 15) is 14.0 Å². The maximum atomic E-state index is 13.0. The van der Waals surface area contributed by atoms with E-state index in [4.69, 9.17) is 9.84 Å². The molecule has 3 rings (SSSR count). The molecular weight excluding hydrogens is 333 g/mol. The summed E-state index contributed by atoms with van der Waals surface area (Å²) < 4.78 is 18.4. The molecule has 1 aromatic heterocycles. The van der Waals surface area contributed by atoms with Gasteiger partial charge in [0.05, 0.1) is 24.0 Å². The number of rotatable bonds is 4. The first-order chi connectivity index (χ1) is 11.5. The van der Waals surface area contributed by atoms with Gasteiger partial charge in [0.15, 0.2) is 0 Å². The third-order valence-corrected chi connectivity index (χ3v) is 4.90. The van der Waals surface area contributed by atoms with E-state index in [1.54, 1.807) is 23.1 Å². The number of halogens is 1. The predicted octanol–water partition coefficient (Wildman–Crippen LogP) is 2.87. The highest BCUT2D eigenvalue weighted by Gasteiger charge is 2.27. The number of hydrogen-bond donors (Lipinski definition) is 1. The molecule has 1 atom stereocenters. The van der Waals surface area contributed by atoms with Crippen LogP contribution in [0.25, 0.3) is 10.4 Å². The quantitative estimate of drug-likeness (QED) is 0.922. The Labute approximate surface area is 142 Å². The molecular formula is C17H16FNO4S. The SMILES string of the molecule is O=C(O)C[C@@H]1CN(C(=O)c2ccc(-c3ccc(F)cc3)s2)CCO1. The van der Waals surface area contributed by atoms with E-state index in [-0.39, 0.29) is 24.7 Å². The molecule has 0 aliphatic carbocycles. The maximum absolute atomic E-state index is 13.0. The van der Waals surface area contributed by atoms with Crippen molar-refractivity contribution in [1.82, 2.24) is 4.90 Å². The van der Waals surface area contributed by atoms with E-state index in [1.807, 2.05) is 6.07 Å². The first-order valence-corrected chi connectivity index (χ1v) is 8.33. The molecule has 7 heteroatoms. The van der Waals surface area contributed by atoms with Crippen molar-refractivity contribution in [2.24, 2.45) is 0 Å². The highest BCUT2D eigenvalue weighted by Crippen LogP contribution is 2.29. The van der Waals surface area contributed by atoms with Crippen LogP contribution >= 0.6 is 11.3 Å². The summed E-state index contributed by atoms with van der Waals surface area (Å²) in [5.74, 6) is -1.37. The number of amides is 1. The molecule has 0 bridgehead atoms. The lowest BCUT2D eigenvalue weighted by Gasteiger charge is -2.32. The number of benzene rings is 1. The second kappa shape index (κ2) is 7.11. The summed E-state index contributed by atoms with van der Waals surface area (Å²) in [6.07, 6.45) is -0.591. The maximum Gasteiger partial charge on any atom is 0.306 e. The van der Waals surface area contributed by atoms with E-state index in [2.05, 4.69) is 0 Å². The minimum atomic E-state index is -0.941. The van der Waals surface area contributed by atoms with E-state index < -0.39 is 12.1 Å². The molecule has 1 saturated heterocycles. The topological polar surface area (TPSA) is 66.8 Å². The van der Waals surface area contributed by atoms with Crippen LogP contribution in [-0.2, 0) is 9.53 Å². The number of ether oxygens (including phenoxy) is 1. The van der Waals surface area contributed by atoms with Crippen molar-refractivity contribution in [3.8, 4) is 10.4 Å².